The van der Waals surface area contributed by atoms with Crippen LogP contribution < -0.4 is 10.1 Å². The number of nitrogens with zero attached hydrogens (tertiary/aromatic N) is 1. The molecule has 3 nitrogen and oxygen atoms in total. The van der Waals surface area contributed by atoms with Crippen molar-refractivity contribution in [3.8, 4) is 5.75 Å². The summed E-state index contributed by atoms with van der Waals surface area (Å²) in [6.45, 7) is 7.43. The molecule has 1 heterocycles. The van der Waals surface area contributed by atoms with Crippen LogP contribution in [0.1, 0.15) is 44.6 Å². The first kappa shape index (κ1) is 17.2. The first-order valence-corrected chi connectivity index (χ1v) is 8.94. The van der Waals surface area contributed by atoms with Crippen molar-refractivity contribution in [1.82, 2.24) is 10.2 Å². The maximum Gasteiger partial charge on any atom is 0.119 e. The highest BCUT2D eigenvalue weighted by Gasteiger charge is 2.09. The van der Waals surface area contributed by atoms with E-state index in [1.54, 1.807) is 0 Å². The highest BCUT2D eigenvalue weighted by molar-refractivity contribution is 7.80. The van der Waals surface area contributed by atoms with Gasteiger partial charge in [-0.1, -0.05) is 32.0 Å². The molecule has 0 amide bonds. The van der Waals surface area contributed by atoms with Gasteiger partial charge in [0.1, 0.15) is 10.7 Å². The molecular formula is C18H28N2OS. The van der Waals surface area contributed by atoms with E-state index in [0.717, 1.165) is 48.8 Å². The largest absolute Gasteiger partial charge is 0.494 e. The number of hydrogen-bond acceptors (Lipinski definition) is 3. The second kappa shape index (κ2) is 9.80. The molecule has 22 heavy (non-hydrogen) atoms. The molecule has 1 aliphatic rings. The van der Waals surface area contributed by atoms with E-state index in [9.17, 15) is 0 Å². The predicted molar refractivity (Wildman–Crippen MR) is 96.8 cm³/mol. The van der Waals surface area contributed by atoms with Crippen LogP contribution in [0, 0.1) is 0 Å². The van der Waals surface area contributed by atoms with Gasteiger partial charge in [0, 0.05) is 18.7 Å². The van der Waals surface area contributed by atoms with Gasteiger partial charge in [-0.2, -0.15) is 0 Å². The monoisotopic (exact) mass is 320 g/mol. The average Bonchev–Trinajstić information content (AvgIpc) is 2.56. The number of thiocarbonyl (C=S) groups is 1. The maximum absolute atomic E-state index is 5.67. The van der Waals surface area contributed by atoms with Crippen molar-refractivity contribution >= 4 is 17.2 Å². The Morgan fingerprint density at radius 1 is 1.18 bits per heavy atom. The molecule has 0 spiro atoms. The van der Waals surface area contributed by atoms with Gasteiger partial charge in [-0.3, -0.25) is 0 Å². The number of hydrogen-bond donors (Lipinski definition) is 1. The van der Waals surface area contributed by atoms with Crippen LogP contribution in [-0.4, -0.2) is 42.7 Å². The zero-order valence-electron chi connectivity index (χ0n) is 13.6. The topological polar surface area (TPSA) is 24.5 Å². The van der Waals surface area contributed by atoms with Gasteiger partial charge < -0.3 is 15.0 Å². The number of benzene rings is 1. The third-order valence-corrected chi connectivity index (χ3v) is 4.43. The van der Waals surface area contributed by atoms with Crippen LogP contribution in [-0.2, 0) is 0 Å². The predicted octanol–water partition coefficient (Wildman–Crippen LogP) is 3.62. The quantitative estimate of drug-likeness (QED) is 0.584. The lowest BCUT2D eigenvalue weighted by atomic mass is 10.1. The highest BCUT2D eigenvalue weighted by atomic mass is 32.1. The van der Waals surface area contributed by atoms with Crippen molar-refractivity contribution in [2.24, 2.45) is 0 Å². The second-order valence-corrected chi connectivity index (χ2v) is 6.29. The Hall–Kier alpha value is -1.13. The molecule has 122 valence electrons. The lowest BCUT2D eigenvalue weighted by molar-refractivity contribution is 0.232. The minimum Gasteiger partial charge on any atom is -0.494 e. The summed E-state index contributed by atoms with van der Waals surface area (Å²) in [6, 6.07) is 8.09. The van der Waals surface area contributed by atoms with Crippen LogP contribution in [0.2, 0.25) is 0 Å². The minimum absolute atomic E-state index is 0.786. The van der Waals surface area contributed by atoms with Crippen molar-refractivity contribution in [2.75, 3.05) is 32.8 Å². The van der Waals surface area contributed by atoms with Crippen LogP contribution >= 0.6 is 12.2 Å². The van der Waals surface area contributed by atoms with E-state index in [2.05, 4.69) is 17.1 Å². The lowest BCUT2D eigenvalue weighted by Crippen LogP contribution is -2.37. The number of likely N-dealkylation sites (tertiary alicyclic amines) is 1. The van der Waals surface area contributed by atoms with Gasteiger partial charge in [0.25, 0.3) is 0 Å². The SMILES string of the molecule is CCCCOc1ccc(C(=S)NCCN2CCCCC2)cc1. The summed E-state index contributed by atoms with van der Waals surface area (Å²) in [5.74, 6) is 0.924. The van der Waals surface area contributed by atoms with E-state index in [4.69, 9.17) is 17.0 Å². The van der Waals surface area contributed by atoms with Crippen molar-refractivity contribution < 1.29 is 4.74 Å². The molecule has 1 fully saturated rings. The molecule has 0 atom stereocenters. The fraction of sp³-hybridized carbons (Fsp3) is 0.611. The summed E-state index contributed by atoms with van der Waals surface area (Å²) in [7, 11) is 0. The molecule has 1 aromatic carbocycles. The molecular weight excluding hydrogens is 292 g/mol. The smallest absolute Gasteiger partial charge is 0.119 e. The Morgan fingerprint density at radius 2 is 1.91 bits per heavy atom. The van der Waals surface area contributed by atoms with Gasteiger partial charge in [0.05, 0.1) is 6.61 Å². The van der Waals surface area contributed by atoms with Gasteiger partial charge in [-0.15, -0.1) is 0 Å². The fourth-order valence-corrected chi connectivity index (χ4v) is 2.89. The Balaban J connectivity index is 1.70. The van der Waals surface area contributed by atoms with Crippen LogP contribution in [0.5, 0.6) is 5.75 Å². The van der Waals surface area contributed by atoms with E-state index >= 15 is 0 Å². The molecule has 1 aromatic rings. The molecule has 0 aliphatic carbocycles. The van der Waals surface area contributed by atoms with Crippen molar-refractivity contribution in [1.29, 1.82) is 0 Å². The van der Waals surface area contributed by atoms with Crippen molar-refractivity contribution in [3.63, 3.8) is 0 Å². The van der Waals surface area contributed by atoms with Gasteiger partial charge in [-0.25, -0.2) is 0 Å². The maximum atomic E-state index is 5.67. The average molecular weight is 321 g/mol. The second-order valence-electron chi connectivity index (χ2n) is 5.88. The summed E-state index contributed by atoms with van der Waals surface area (Å²) in [6.07, 6.45) is 6.31. The standard InChI is InChI=1S/C18H28N2OS/c1-2-3-15-21-17-9-7-16(8-10-17)18(22)19-11-14-20-12-5-4-6-13-20/h7-10H,2-6,11-15H2,1H3,(H,19,22). The molecule has 4 heteroatoms. The number of nitrogens with one attached hydrogen (secondary N) is 1. The molecule has 0 bridgehead atoms. The highest BCUT2D eigenvalue weighted by Crippen LogP contribution is 2.13. The Morgan fingerprint density at radius 3 is 2.59 bits per heavy atom. The lowest BCUT2D eigenvalue weighted by Gasteiger charge is -2.26. The Bertz CT molecular complexity index is 441. The molecule has 1 saturated heterocycles. The molecule has 2 rings (SSSR count). The number of ether oxygens (including phenoxy) is 1. The Kier molecular flexibility index (Phi) is 7.67. The van der Waals surface area contributed by atoms with Crippen LogP contribution in [0.4, 0.5) is 0 Å². The Labute approximate surface area is 140 Å². The minimum atomic E-state index is 0.786. The van der Waals surface area contributed by atoms with E-state index in [1.807, 2.05) is 24.3 Å². The summed E-state index contributed by atoms with van der Waals surface area (Å²) in [5.41, 5.74) is 1.07. The molecule has 0 saturated carbocycles. The molecule has 0 aromatic heterocycles. The van der Waals surface area contributed by atoms with E-state index in [1.165, 1.54) is 32.4 Å². The molecule has 1 N–H and O–H groups in total. The zero-order valence-corrected chi connectivity index (χ0v) is 14.5. The fourth-order valence-electron chi connectivity index (χ4n) is 2.65. The number of piperidine rings is 1. The van der Waals surface area contributed by atoms with Gasteiger partial charge in [0.2, 0.25) is 0 Å². The number of unbranched alkanes of at least 4 members (excludes halogenated alkanes) is 1. The number of rotatable bonds is 8. The molecule has 0 unspecified atom stereocenters. The third-order valence-electron chi connectivity index (χ3n) is 4.05. The third kappa shape index (κ3) is 5.93. The van der Waals surface area contributed by atoms with Gasteiger partial charge in [-0.05, 0) is 56.6 Å². The summed E-state index contributed by atoms with van der Waals surface area (Å²) in [5, 5.41) is 3.37. The van der Waals surface area contributed by atoms with Gasteiger partial charge in [0.15, 0.2) is 0 Å². The normalized spacial score (nSPS) is 15.5. The summed E-state index contributed by atoms with van der Waals surface area (Å²) in [4.78, 5) is 3.35. The van der Waals surface area contributed by atoms with Crippen LogP contribution in [0.3, 0.4) is 0 Å². The van der Waals surface area contributed by atoms with Crippen molar-refractivity contribution in [3.05, 3.63) is 29.8 Å². The first-order chi connectivity index (χ1) is 10.8. The zero-order chi connectivity index (χ0) is 15.6. The van der Waals surface area contributed by atoms with E-state index in [0.29, 0.717) is 0 Å². The van der Waals surface area contributed by atoms with Crippen LogP contribution in [0.25, 0.3) is 0 Å². The van der Waals surface area contributed by atoms with Gasteiger partial charge >= 0.3 is 0 Å². The summed E-state index contributed by atoms with van der Waals surface area (Å²) < 4.78 is 5.67. The van der Waals surface area contributed by atoms with Crippen LogP contribution in [0.15, 0.2) is 24.3 Å². The first-order valence-electron chi connectivity index (χ1n) is 8.53. The van der Waals surface area contributed by atoms with E-state index < -0.39 is 0 Å². The molecule has 1 aliphatic heterocycles. The van der Waals surface area contributed by atoms with Crippen molar-refractivity contribution in [2.45, 2.75) is 39.0 Å². The molecule has 0 radical (unpaired) electrons. The van der Waals surface area contributed by atoms with E-state index in [-0.39, 0.29) is 0 Å². The summed E-state index contributed by atoms with van der Waals surface area (Å²) >= 11 is 5.47.